The first-order valence-electron chi connectivity index (χ1n) is 10.1. The molecule has 29 heavy (non-hydrogen) atoms. The van der Waals surface area contributed by atoms with Crippen molar-refractivity contribution in [3.63, 3.8) is 0 Å². The number of nitrogens with two attached hydrogens (primary N) is 1. The highest BCUT2D eigenvalue weighted by Crippen LogP contribution is 2.22. The number of anilines is 3. The topological polar surface area (TPSA) is 80.0 Å². The van der Waals surface area contributed by atoms with Crippen molar-refractivity contribution in [2.75, 3.05) is 22.9 Å². The van der Waals surface area contributed by atoms with Gasteiger partial charge in [-0.05, 0) is 60.4 Å². The van der Waals surface area contributed by atoms with E-state index in [-0.39, 0.29) is 5.91 Å². The zero-order valence-electron chi connectivity index (χ0n) is 16.6. The zero-order chi connectivity index (χ0) is 20.3. The Labute approximate surface area is 172 Å². The van der Waals surface area contributed by atoms with Crippen LogP contribution in [0.25, 0.3) is 11.1 Å². The molecule has 1 aromatic heterocycles. The molecule has 5 nitrogen and oxygen atoms in total. The number of carbonyl (C=O) groups excluding carboxylic acids is 1. The van der Waals surface area contributed by atoms with Gasteiger partial charge in [-0.25, -0.2) is 0 Å². The molecule has 3 aromatic rings. The van der Waals surface area contributed by atoms with Crippen LogP contribution < -0.4 is 16.4 Å². The fourth-order valence-corrected chi connectivity index (χ4v) is 3.17. The maximum Gasteiger partial charge on any atom is 0.224 e. The van der Waals surface area contributed by atoms with E-state index in [9.17, 15) is 4.79 Å². The number of para-hydroxylation sites is 2. The molecule has 0 unspecified atom stereocenters. The lowest BCUT2D eigenvalue weighted by Crippen LogP contribution is -2.12. The Balaban J connectivity index is 1.30. The molecule has 0 fully saturated rings. The zero-order valence-corrected chi connectivity index (χ0v) is 16.6. The third kappa shape index (κ3) is 6.64. The van der Waals surface area contributed by atoms with Gasteiger partial charge in [-0.1, -0.05) is 37.1 Å². The van der Waals surface area contributed by atoms with Crippen LogP contribution in [0.3, 0.4) is 0 Å². The van der Waals surface area contributed by atoms with Crippen LogP contribution in [-0.2, 0) is 4.79 Å². The van der Waals surface area contributed by atoms with Gasteiger partial charge in [0.1, 0.15) is 0 Å². The third-order valence-corrected chi connectivity index (χ3v) is 4.77. The molecule has 0 saturated carbocycles. The predicted molar refractivity (Wildman–Crippen MR) is 121 cm³/mol. The fourth-order valence-electron chi connectivity index (χ4n) is 3.17. The lowest BCUT2D eigenvalue weighted by atomic mass is 10.1. The number of hydrogen-bond donors (Lipinski definition) is 3. The van der Waals surface area contributed by atoms with E-state index in [1.807, 2.05) is 42.7 Å². The van der Waals surface area contributed by atoms with Gasteiger partial charge in [0.25, 0.3) is 0 Å². The number of nitrogen functional groups attached to an aromatic ring is 1. The Morgan fingerprint density at radius 1 is 0.862 bits per heavy atom. The first-order chi connectivity index (χ1) is 14.2. The molecule has 0 radical (unpaired) electrons. The molecule has 1 amide bonds. The number of aromatic nitrogens is 1. The van der Waals surface area contributed by atoms with Crippen LogP contribution in [0.4, 0.5) is 17.1 Å². The van der Waals surface area contributed by atoms with Crippen LogP contribution in [0.1, 0.15) is 32.1 Å². The number of unbranched alkanes of at least 4 members (excludes halogenated alkanes) is 3. The lowest BCUT2D eigenvalue weighted by Gasteiger charge is -2.09. The van der Waals surface area contributed by atoms with Gasteiger partial charge in [0.05, 0.1) is 11.4 Å². The van der Waals surface area contributed by atoms with Crippen LogP contribution in [0.15, 0.2) is 73.1 Å². The molecule has 4 N–H and O–H groups in total. The number of nitrogens with one attached hydrogen (secondary N) is 2. The maximum absolute atomic E-state index is 12.0. The minimum absolute atomic E-state index is 0.0222. The Morgan fingerprint density at radius 3 is 2.48 bits per heavy atom. The van der Waals surface area contributed by atoms with E-state index in [0.29, 0.717) is 17.8 Å². The molecule has 0 aliphatic rings. The van der Waals surface area contributed by atoms with Crippen molar-refractivity contribution in [2.24, 2.45) is 0 Å². The smallest absolute Gasteiger partial charge is 0.224 e. The minimum atomic E-state index is 0.0222. The van der Waals surface area contributed by atoms with E-state index in [2.05, 4.69) is 39.9 Å². The summed E-state index contributed by atoms with van der Waals surface area (Å²) in [6.07, 6.45) is 8.24. The van der Waals surface area contributed by atoms with Crippen LogP contribution >= 0.6 is 0 Å². The molecule has 5 heteroatoms. The van der Waals surface area contributed by atoms with Gasteiger partial charge < -0.3 is 16.4 Å². The van der Waals surface area contributed by atoms with Crippen LogP contribution in [0, 0.1) is 0 Å². The highest BCUT2D eigenvalue weighted by Gasteiger charge is 2.04. The summed E-state index contributed by atoms with van der Waals surface area (Å²) < 4.78 is 0. The highest BCUT2D eigenvalue weighted by molar-refractivity contribution is 5.93. The summed E-state index contributed by atoms with van der Waals surface area (Å²) >= 11 is 0. The first-order valence-corrected chi connectivity index (χ1v) is 10.1. The SMILES string of the molecule is Nc1ccccc1NC(=O)CCCCCCNc1cccc(-c2ccncc2)c1. The van der Waals surface area contributed by atoms with E-state index in [1.54, 1.807) is 6.07 Å². The Morgan fingerprint density at radius 2 is 1.66 bits per heavy atom. The van der Waals surface area contributed by atoms with Gasteiger partial charge in [-0.2, -0.15) is 0 Å². The molecule has 150 valence electrons. The molecule has 0 atom stereocenters. The lowest BCUT2D eigenvalue weighted by molar-refractivity contribution is -0.116. The van der Waals surface area contributed by atoms with Crippen molar-refractivity contribution < 1.29 is 4.79 Å². The van der Waals surface area contributed by atoms with E-state index >= 15 is 0 Å². The van der Waals surface area contributed by atoms with Crippen LogP contribution in [-0.4, -0.2) is 17.4 Å². The Kier molecular flexibility index (Phi) is 7.63. The molecule has 2 aromatic carbocycles. The van der Waals surface area contributed by atoms with Gasteiger partial charge in [0, 0.05) is 31.0 Å². The highest BCUT2D eigenvalue weighted by atomic mass is 16.1. The van der Waals surface area contributed by atoms with E-state index in [4.69, 9.17) is 5.73 Å². The van der Waals surface area contributed by atoms with Crippen LogP contribution in [0.5, 0.6) is 0 Å². The van der Waals surface area contributed by atoms with Crippen LogP contribution in [0.2, 0.25) is 0 Å². The molecular formula is C24H28N4O. The fraction of sp³-hybridized carbons (Fsp3) is 0.250. The number of benzene rings is 2. The number of hydrogen-bond acceptors (Lipinski definition) is 4. The summed E-state index contributed by atoms with van der Waals surface area (Å²) in [5, 5.41) is 6.36. The largest absolute Gasteiger partial charge is 0.397 e. The molecule has 0 aliphatic carbocycles. The summed E-state index contributed by atoms with van der Waals surface area (Å²) in [7, 11) is 0. The van der Waals surface area contributed by atoms with Gasteiger partial charge >= 0.3 is 0 Å². The normalized spacial score (nSPS) is 10.5. The number of amides is 1. The average Bonchev–Trinajstić information content (AvgIpc) is 2.75. The second kappa shape index (κ2) is 10.9. The monoisotopic (exact) mass is 388 g/mol. The van der Waals surface area contributed by atoms with Gasteiger partial charge in [0.15, 0.2) is 0 Å². The van der Waals surface area contributed by atoms with Gasteiger partial charge in [0.2, 0.25) is 5.91 Å². The standard InChI is InChI=1S/C24H28N4O/c25-22-10-4-5-11-23(22)28-24(29)12-3-1-2-6-15-27-21-9-7-8-20(18-21)19-13-16-26-17-14-19/h4-5,7-11,13-14,16-18,27H,1-3,6,12,15,25H2,(H,28,29). The molecule has 0 saturated heterocycles. The Bertz CT molecular complexity index is 912. The molecule has 0 bridgehead atoms. The van der Waals surface area contributed by atoms with Crippen molar-refractivity contribution in [1.29, 1.82) is 0 Å². The first kappa shape index (κ1) is 20.4. The molecule has 1 heterocycles. The van der Waals surface area contributed by atoms with Crippen molar-refractivity contribution in [3.05, 3.63) is 73.1 Å². The molecule has 3 rings (SSSR count). The number of carbonyl (C=O) groups is 1. The quantitative estimate of drug-likeness (QED) is 0.324. The van der Waals surface area contributed by atoms with Crippen molar-refractivity contribution in [2.45, 2.75) is 32.1 Å². The van der Waals surface area contributed by atoms with Gasteiger partial charge in [-0.3, -0.25) is 9.78 Å². The molecular weight excluding hydrogens is 360 g/mol. The summed E-state index contributed by atoms with van der Waals surface area (Å²) in [6, 6.07) is 19.8. The number of rotatable bonds is 10. The van der Waals surface area contributed by atoms with Crippen molar-refractivity contribution in [1.82, 2.24) is 4.98 Å². The Hall–Kier alpha value is -3.34. The van der Waals surface area contributed by atoms with E-state index in [1.165, 1.54) is 11.1 Å². The van der Waals surface area contributed by atoms with Gasteiger partial charge in [-0.15, -0.1) is 0 Å². The summed E-state index contributed by atoms with van der Waals surface area (Å²) in [5.74, 6) is 0.0222. The second-order valence-corrected chi connectivity index (χ2v) is 7.04. The van der Waals surface area contributed by atoms with E-state index in [0.717, 1.165) is 37.9 Å². The summed E-state index contributed by atoms with van der Waals surface area (Å²) in [4.78, 5) is 16.1. The number of nitrogens with zero attached hydrogens (tertiary/aromatic N) is 1. The number of pyridine rings is 1. The second-order valence-electron chi connectivity index (χ2n) is 7.04. The average molecular weight is 389 g/mol. The summed E-state index contributed by atoms with van der Waals surface area (Å²) in [6.45, 7) is 0.923. The summed E-state index contributed by atoms with van der Waals surface area (Å²) in [5.41, 5.74) is 10.6. The van der Waals surface area contributed by atoms with Crippen molar-refractivity contribution in [3.8, 4) is 11.1 Å². The van der Waals surface area contributed by atoms with Crippen molar-refractivity contribution >= 4 is 23.0 Å². The minimum Gasteiger partial charge on any atom is -0.397 e. The molecule has 0 aliphatic heterocycles. The third-order valence-electron chi connectivity index (χ3n) is 4.77. The molecule has 0 spiro atoms. The predicted octanol–water partition coefficient (Wildman–Crippen LogP) is 5.33. The maximum atomic E-state index is 12.0. The van der Waals surface area contributed by atoms with E-state index < -0.39 is 0 Å².